The first-order chi connectivity index (χ1) is 14.7. The summed E-state index contributed by atoms with van der Waals surface area (Å²) in [5.74, 6) is 0.693. The number of anilines is 1. The molecule has 30 heavy (non-hydrogen) atoms. The van der Waals surface area contributed by atoms with Gasteiger partial charge in [0.15, 0.2) is 0 Å². The molecule has 2 fully saturated rings. The van der Waals surface area contributed by atoms with Crippen molar-refractivity contribution < 1.29 is 9.50 Å². The molecule has 1 saturated heterocycles. The van der Waals surface area contributed by atoms with Crippen LogP contribution >= 0.6 is 0 Å². The third-order valence-electron chi connectivity index (χ3n) is 5.97. The highest BCUT2D eigenvalue weighted by atomic mass is 19.1. The van der Waals surface area contributed by atoms with E-state index in [0.717, 1.165) is 37.1 Å². The van der Waals surface area contributed by atoms with Gasteiger partial charge in [-0.25, -0.2) is 9.37 Å². The molecule has 2 aliphatic rings. The average Bonchev–Trinajstić information content (AvgIpc) is 3.51. The average molecular weight is 409 g/mol. The summed E-state index contributed by atoms with van der Waals surface area (Å²) in [4.78, 5) is 6.56. The first kappa shape index (κ1) is 18.9. The fourth-order valence-electron chi connectivity index (χ4n) is 4.36. The van der Waals surface area contributed by atoms with Crippen LogP contribution in [0.1, 0.15) is 25.7 Å². The molecule has 3 heterocycles. The van der Waals surface area contributed by atoms with E-state index < -0.39 is 6.17 Å². The zero-order valence-electron chi connectivity index (χ0n) is 16.5. The van der Waals surface area contributed by atoms with Gasteiger partial charge in [0.1, 0.15) is 17.6 Å². The van der Waals surface area contributed by atoms with Crippen LogP contribution in [0, 0.1) is 0 Å². The Balaban J connectivity index is 1.25. The standard InChI is InChI=1S/C21H24FN7O/c22-15-2-3-16(8-15)26-17-5-6-29(12-17)21-23-11-19(27-28-21)18-4-1-13(7-20(18)30)14-9-24-25-10-14/h1,4,7,9-11,15-17,26,30H,2-3,5-6,8,12H2,(H,24,25). The van der Waals surface area contributed by atoms with Crippen LogP contribution in [0.15, 0.2) is 36.8 Å². The van der Waals surface area contributed by atoms with Crippen molar-refractivity contribution in [1.82, 2.24) is 30.7 Å². The van der Waals surface area contributed by atoms with E-state index in [4.69, 9.17) is 0 Å². The Morgan fingerprint density at radius 3 is 2.73 bits per heavy atom. The number of benzene rings is 1. The van der Waals surface area contributed by atoms with Gasteiger partial charge in [0, 0.05) is 42.5 Å². The van der Waals surface area contributed by atoms with E-state index >= 15 is 0 Å². The molecule has 3 aromatic rings. The number of halogens is 1. The minimum atomic E-state index is -0.662. The molecular weight excluding hydrogens is 385 g/mol. The zero-order valence-corrected chi connectivity index (χ0v) is 16.5. The molecule has 1 aliphatic heterocycles. The van der Waals surface area contributed by atoms with E-state index in [1.54, 1.807) is 30.7 Å². The number of aromatic hydroxyl groups is 1. The topological polar surface area (TPSA) is 103 Å². The number of nitrogens with zero attached hydrogens (tertiary/aromatic N) is 5. The summed E-state index contributed by atoms with van der Waals surface area (Å²) < 4.78 is 13.4. The summed E-state index contributed by atoms with van der Waals surface area (Å²) in [6, 6.07) is 5.98. The largest absolute Gasteiger partial charge is 0.507 e. The van der Waals surface area contributed by atoms with Gasteiger partial charge in [-0.15, -0.1) is 10.2 Å². The highest BCUT2D eigenvalue weighted by molar-refractivity contribution is 5.73. The van der Waals surface area contributed by atoms with Gasteiger partial charge in [0.05, 0.1) is 12.4 Å². The molecule has 8 nitrogen and oxygen atoms in total. The summed E-state index contributed by atoms with van der Waals surface area (Å²) in [7, 11) is 0. The maximum absolute atomic E-state index is 13.4. The lowest BCUT2D eigenvalue weighted by molar-refractivity contribution is 0.329. The van der Waals surface area contributed by atoms with Crippen molar-refractivity contribution >= 4 is 5.95 Å². The second-order valence-corrected chi connectivity index (χ2v) is 8.07. The highest BCUT2D eigenvalue weighted by Gasteiger charge is 2.30. The zero-order chi connectivity index (χ0) is 20.5. The van der Waals surface area contributed by atoms with Gasteiger partial charge in [-0.3, -0.25) is 5.10 Å². The van der Waals surface area contributed by atoms with Crippen molar-refractivity contribution in [3.63, 3.8) is 0 Å². The lowest BCUT2D eigenvalue weighted by Gasteiger charge is -2.19. The lowest BCUT2D eigenvalue weighted by atomic mass is 10.0. The number of phenolic OH excluding ortho intramolecular Hbond substituents is 1. The van der Waals surface area contributed by atoms with Gasteiger partial charge in [0.25, 0.3) is 0 Å². The predicted molar refractivity (Wildman–Crippen MR) is 111 cm³/mol. The summed E-state index contributed by atoms with van der Waals surface area (Å²) in [6.07, 6.45) is 7.62. The van der Waals surface area contributed by atoms with Crippen molar-refractivity contribution in [1.29, 1.82) is 0 Å². The SMILES string of the molecule is Oc1cc(-c2cn[nH]c2)ccc1-c1cnc(N2CCC(NC3CCC(F)C3)C2)nn1. The second kappa shape index (κ2) is 7.98. The first-order valence-electron chi connectivity index (χ1n) is 10.3. The lowest BCUT2D eigenvalue weighted by Crippen LogP contribution is -2.39. The van der Waals surface area contributed by atoms with Gasteiger partial charge in [-0.05, 0) is 43.4 Å². The Morgan fingerprint density at radius 1 is 1.10 bits per heavy atom. The maximum Gasteiger partial charge on any atom is 0.245 e. The number of alkyl halides is 1. The summed E-state index contributed by atoms with van der Waals surface area (Å²) >= 11 is 0. The molecule has 1 saturated carbocycles. The number of nitrogens with one attached hydrogen (secondary N) is 2. The summed E-state index contributed by atoms with van der Waals surface area (Å²) in [6.45, 7) is 1.63. The Hall–Kier alpha value is -3.07. The second-order valence-electron chi connectivity index (χ2n) is 8.07. The van der Waals surface area contributed by atoms with Crippen LogP contribution in [0.4, 0.5) is 10.3 Å². The Morgan fingerprint density at radius 2 is 2.03 bits per heavy atom. The van der Waals surface area contributed by atoms with E-state index in [1.807, 2.05) is 6.07 Å². The van der Waals surface area contributed by atoms with Crippen LogP contribution < -0.4 is 10.2 Å². The van der Waals surface area contributed by atoms with Crippen molar-refractivity contribution in [3.8, 4) is 28.1 Å². The van der Waals surface area contributed by atoms with Gasteiger partial charge in [-0.2, -0.15) is 5.10 Å². The number of H-pyrrole nitrogens is 1. The monoisotopic (exact) mass is 409 g/mol. The molecule has 0 spiro atoms. The smallest absolute Gasteiger partial charge is 0.245 e. The fourth-order valence-corrected chi connectivity index (χ4v) is 4.36. The van der Waals surface area contributed by atoms with Crippen LogP contribution in [-0.4, -0.2) is 61.8 Å². The van der Waals surface area contributed by atoms with Gasteiger partial charge >= 0.3 is 0 Å². The molecule has 0 bridgehead atoms. The van der Waals surface area contributed by atoms with Crippen molar-refractivity contribution in [2.24, 2.45) is 0 Å². The van der Waals surface area contributed by atoms with Crippen LogP contribution in [0.3, 0.4) is 0 Å². The molecule has 3 unspecified atom stereocenters. The van der Waals surface area contributed by atoms with Crippen LogP contribution in [0.2, 0.25) is 0 Å². The third kappa shape index (κ3) is 3.85. The summed E-state index contributed by atoms with van der Waals surface area (Å²) in [5.41, 5.74) is 2.85. The molecule has 1 aliphatic carbocycles. The Labute approximate surface area is 173 Å². The van der Waals surface area contributed by atoms with Gasteiger partial charge in [-0.1, -0.05) is 6.07 Å². The molecule has 0 amide bonds. The molecule has 0 radical (unpaired) electrons. The predicted octanol–water partition coefficient (Wildman–Crippen LogP) is 2.69. The molecule has 3 N–H and O–H groups in total. The molecule has 9 heteroatoms. The molecule has 1 aromatic carbocycles. The molecular formula is C21H24FN7O. The maximum atomic E-state index is 13.4. The van der Waals surface area contributed by atoms with E-state index in [9.17, 15) is 9.50 Å². The number of rotatable bonds is 5. The number of hydrogen-bond acceptors (Lipinski definition) is 7. The van der Waals surface area contributed by atoms with Crippen LogP contribution in [0.5, 0.6) is 5.75 Å². The normalized spacial score (nSPS) is 23.9. The number of aromatic nitrogens is 5. The Kier molecular flexibility index (Phi) is 5.04. The highest BCUT2D eigenvalue weighted by Crippen LogP contribution is 2.32. The van der Waals surface area contributed by atoms with E-state index in [1.165, 1.54) is 0 Å². The molecule has 3 atom stereocenters. The van der Waals surface area contributed by atoms with Crippen LogP contribution in [-0.2, 0) is 0 Å². The van der Waals surface area contributed by atoms with Crippen LogP contribution in [0.25, 0.3) is 22.4 Å². The molecule has 156 valence electrons. The Bertz CT molecular complexity index is 995. The van der Waals surface area contributed by atoms with Crippen molar-refractivity contribution in [2.75, 3.05) is 18.0 Å². The van der Waals surface area contributed by atoms with Crippen molar-refractivity contribution in [3.05, 3.63) is 36.8 Å². The number of phenols is 1. The van der Waals surface area contributed by atoms with E-state index in [0.29, 0.717) is 36.1 Å². The third-order valence-corrected chi connectivity index (χ3v) is 5.97. The molecule has 5 rings (SSSR count). The van der Waals surface area contributed by atoms with Gasteiger partial charge < -0.3 is 15.3 Å². The quantitative estimate of drug-likeness (QED) is 0.595. The minimum Gasteiger partial charge on any atom is -0.507 e. The molecule has 2 aromatic heterocycles. The van der Waals surface area contributed by atoms with Gasteiger partial charge in [0.2, 0.25) is 5.95 Å². The number of aromatic amines is 1. The fraction of sp³-hybridized carbons (Fsp3) is 0.429. The first-order valence-corrected chi connectivity index (χ1v) is 10.3. The van der Waals surface area contributed by atoms with Crippen molar-refractivity contribution in [2.45, 2.75) is 43.9 Å². The minimum absolute atomic E-state index is 0.116. The van der Waals surface area contributed by atoms with E-state index in [2.05, 4.69) is 35.6 Å². The number of hydrogen-bond donors (Lipinski definition) is 3. The van der Waals surface area contributed by atoms with E-state index in [-0.39, 0.29) is 11.8 Å². The summed E-state index contributed by atoms with van der Waals surface area (Å²) in [5, 5.41) is 29.3.